The molecule has 0 aromatic carbocycles. The number of esters is 1. The summed E-state index contributed by atoms with van der Waals surface area (Å²) in [4.78, 5) is 44.5. The van der Waals surface area contributed by atoms with Crippen LogP contribution >= 0.6 is 0 Å². The molecule has 0 bridgehead atoms. The molecule has 120 valence electrons. The molecule has 3 aromatic heterocycles. The molecular weight excluding hydrogens is 304 g/mol. The van der Waals surface area contributed by atoms with Crippen molar-refractivity contribution in [3.05, 3.63) is 39.6 Å². The summed E-state index contributed by atoms with van der Waals surface area (Å²) in [6.45, 7) is -0.214. The lowest BCUT2D eigenvalue weighted by atomic mass is 10.5. The van der Waals surface area contributed by atoms with Crippen molar-refractivity contribution in [2.45, 2.75) is 6.54 Å². The summed E-state index contributed by atoms with van der Waals surface area (Å²) in [5.74, 6) is -0.247. The van der Waals surface area contributed by atoms with Crippen LogP contribution in [-0.2, 0) is 30.2 Å². The second-order valence-electron chi connectivity index (χ2n) is 4.92. The van der Waals surface area contributed by atoms with Crippen molar-refractivity contribution in [2.24, 2.45) is 14.1 Å². The van der Waals surface area contributed by atoms with E-state index in [1.54, 1.807) is 17.0 Å². The second-order valence-corrected chi connectivity index (χ2v) is 4.92. The fourth-order valence-corrected chi connectivity index (χ4v) is 2.35. The van der Waals surface area contributed by atoms with Crippen LogP contribution < -0.4 is 11.2 Å². The molecule has 0 spiro atoms. The molecule has 0 N–H and O–H groups in total. The molecule has 0 aliphatic heterocycles. The smallest absolute Gasteiger partial charge is 0.332 e. The maximum atomic E-state index is 12.5. The maximum absolute atomic E-state index is 12.5. The number of ether oxygens (including phenoxy) is 1. The minimum absolute atomic E-state index is 0.142. The third-order valence-electron chi connectivity index (χ3n) is 3.58. The molecule has 3 heterocycles. The third-order valence-corrected chi connectivity index (χ3v) is 3.58. The number of rotatable bonds is 3. The van der Waals surface area contributed by atoms with Crippen molar-refractivity contribution < 1.29 is 9.53 Å². The monoisotopic (exact) mass is 318 g/mol. The predicted octanol–water partition coefficient (Wildman–Crippen LogP) is -1.21. The van der Waals surface area contributed by atoms with E-state index in [4.69, 9.17) is 0 Å². The number of carbonyl (C=O) groups is 1. The first-order chi connectivity index (χ1) is 11.0. The zero-order valence-corrected chi connectivity index (χ0v) is 12.8. The second kappa shape index (κ2) is 5.23. The van der Waals surface area contributed by atoms with E-state index < -0.39 is 17.2 Å². The summed E-state index contributed by atoms with van der Waals surface area (Å²) < 4.78 is 9.86. The number of fused-ring (bicyclic) bond motifs is 1. The van der Waals surface area contributed by atoms with Crippen LogP contribution in [-0.4, -0.2) is 41.3 Å². The van der Waals surface area contributed by atoms with E-state index in [9.17, 15) is 14.4 Å². The molecule has 3 rings (SSSR count). The van der Waals surface area contributed by atoms with E-state index in [0.717, 1.165) is 4.57 Å². The molecule has 23 heavy (non-hydrogen) atoms. The van der Waals surface area contributed by atoms with Gasteiger partial charge < -0.3 is 4.74 Å². The summed E-state index contributed by atoms with van der Waals surface area (Å²) >= 11 is 0. The van der Waals surface area contributed by atoms with Crippen molar-refractivity contribution in [1.82, 2.24) is 28.2 Å². The average molecular weight is 318 g/mol. The molecule has 0 fully saturated rings. The Morgan fingerprint density at radius 1 is 1.26 bits per heavy atom. The average Bonchev–Trinajstić information content (AvgIpc) is 3.18. The Balaban J connectivity index is 2.44. The quantitative estimate of drug-likeness (QED) is 0.561. The SMILES string of the molecule is COC(=O)Cn1c(-n2ccnc2)nc2c1c(=O)n(C)c(=O)n2C. The molecule has 3 aromatic rings. The lowest BCUT2D eigenvalue weighted by Crippen LogP contribution is -2.37. The van der Waals surface area contributed by atoms with E-state index in [-0.39, 0.29) is 17.7 Å². The minimum atomic E-state index is -0.540. The van der Waals surface area contributed by atoms with Crippen LogP contribution in [0.15, 0.2) is 28.3 Å². The highest BCUT2D eigenvalue weighted by Gasteiger charge is 2.21. The molecule has 0 saturated carbocycles. The molecule has 10 nitrogen and oxygen atoms in total. The number of hydrogen-bond acceptors (Lipinski definition) is 6. The van der Waals surface area contributed by atoms with Crippen molar-refractivity contribution in [2.75, 3.05) is 7.11 Å². The number of aromatic nitrogens is 6. The first-order valence-corrected chi connectivity index (χ1v) is 6.67. The number of aryl methyl sites for hydroxylation is 1. The van der Waals surface area contributed by atoms with Gasteiger partial charge in [-0.15, -0.1) is 0 Å². The largest absolute Gasteiger partial charge is 0.468 e. The van der Waals surface area contributed by atoms with E-state index in [1.165, 1.54) is 36.7 Å². The van der Waals surface area contributed by atoms with Crippen LogP contribution in [0, 0.1) is 0 Å². The highest BCUT2D eigenvalue weighted by Crippen LogP contribution is 2.15. The van der Waals surface area contributed by atoms with Gasteiger partial charge in [0.2, 0.25) is 5.95 Å². The Hall–Kier alpha value is -3.17. The Morgan fingerprint density at radius 2 is 2.00 bits per heavy atom. The van der Waals surface area contributed by atoms with Gasteiger partial charge in [-0.05, 0) is 0 Å². The summed E-state index contributed by atoms with van der Waals surface area (Å²) in [5, 5.41) is 0. The predicted molar refractivity (Wildman–Crippen MR) is 79.4 cm³/mol. The highest BCUT2D eigenvalue weighted by molar-refractivity contribution is 5.77. The summed E-state index contributed by atoms with van der Waals surface area (Å²) in [6, 6.07) is 0. The van der Waals surface area contributed by atoms with Crippen molar-refractivity contribution in [3.8, 4) is 5.95 Å². The fourth-order valence-electron chi connectivity index (χ4n) is 2.35. The summed E-state index contributed by atoms with van der Waals surface area (Å²) in [6.07, 6.45) is 4.65. The Labute approximate surface area is 129 Å². The van der Waals surface area contributed by atoms with Gasteiger partial charge in [0.15, 0.2) is 11.2 Å². The van der Waals surface area contributed by atoms with Gasteiger partial charge in [-0.3, -0.25) is 27.9 Å². The first-order valence-electron chi connectivity index (χ1n) is 6.67. The van der Waals surface area contributed by atoms with Crippen LogP contribution in [0.3, 0.4) is 0 Å². The van der Waals surface area contributed by atoms with Crippen molar-refractivity contribution in [1.29, 1.82) is 0 Å². The molecule has 10 heteroatoms. The third kappa shape index (κ3) is 2.15. The van der Waals surface area contributed by atoms with E-state index in [0.29, 0.717) is 5.95 Å². The van der Waals surface area contributed by atoms with E-state index in [1.807, 2.05) is 0 Å². The Morgan fingerprint density at radius 3 is 2.61 bits per heavy atom. The van der Waals surface area contributed by atoms with Crippen LogP contribution in [0.2, 0.25) is 0 Å². The van der Waals surface area contributed by atoms with Gasteiger partial charge in [-0.1, -0.05) is 0 Å². The number of hydrogen-bond donors (Lipinski definition) is 0. The number of methoxy groups -OCH3 is 1. The zero-order valence-electron chi connectivity index (χ0n) is 12.8. The van der Waals surface area contributed by atoms with Gasteiger partial charge in [-0.25, -0.2) is 9.78 Å². The molecule has 0 unspecified atom stereocenters. The standard InChI is InChI=1S/C13H14N6O4/c1-16-10-9(11(21)17(2)13(16)22)19(6-8(20)23-3)12(15-10)18-5-4-14-7-18/h4-5,7H,6H2,1-3H3. The number of nitrogens with zero attached hydrogens (tertiary/aromatic N) is 6. The minimum Gasteiger partial charge on any atom is -0.468 e. The molecule has 0 radical (unpaired) electrons. The number of imidazole rings is 2. The molecule has 0 aliphatic rings. The van der Waals surface area contributed by atoms with Crippen LogP contribution in [0.4, 0.5) is 0 Å². The van der Waals surface area contributed by atoms with Gasteiger partial charge in [-0.2, -0.15) is 4.98 Å². The molecular formula is C13H14N6O4. The Kier molecular flexibility index (Phi) is 3.36. The normalized spacial score (nSPS) is 11.1. The molecule has 0 saturated heterocycles. The lowest BCUT2D eigenvalue weighted by molar-refractivity contribution is -0.141. The van der Waals surface area contributed by atoms with E-state index >= 15 is 0 Å². The van der Waals surface area contributed by atoms with Gasteiger partial charge >= 0.3 is 11.7 Å². The van der Waals surface area contributed by atoms with Crippen LogP contribution in [0.25, 0.3) is 17.1 Å². The van der Waals surface area contributed by atoms with Gasteiger partial charge in [0.25, 0.3) is 5.56 Å². The van der Waals surface area contributed by atoms with Gasteiger partial charge in [0, 0.05) is 26.5 Å². The first kappa shape index (κ1) is 14.8. The fraction of sp³-hybridized carbons (Fsp3) is 0.308. The van der Waals surface area contributed by atoms with Gasteiger partial charge in [0.1, 0.15) is 12.9 Å². The molecule has 0 atom stereocenters. The van der Waals surface area contributed by atoms with Crippen LogP contribution in [0.5, 0.6) is 0 Å². The van der Waals surface area contributed by atoms with Gasteiger partial charge in [0.05, 0.1) is 7.11 Å². The zero-order chi connectivity index (χ0) is 16.7. The molecule has 0 amide bonds. The highest BCUT2D eigenvalue weighted by atomic mass is 16.5. The summed E-state index contributed by atoms with van der Waals surface area (Å²) in [7, 11) is 4.14. The number of carbonyl (C=O) groups excluding carboxylic acids is 1. The maximum Gasteiger partial charge on any atom is 0.332 e. The van der Waals surface area contributed by atoms with Crippen molar-refractivity contribution in [3.63, 3.8) is 0 Å². The van der Waals surface area contributed by atoms with E-state index in [2.05, 4.69) is 14.7 Å². The summed E-state index contributed by atoms with van der Waals surface area (Å²) in [5.41, 5.74) is -0.706. The lowest BCUT2D eigenvalue weighted by Gasteiger charge is -2.08. The molecule has 0 aliphatic carbocycles. The van der Waals surface area contributed by atoms with Crippen molar-refractivity contribution >= 4 is 17.1 Å². The topological polar surface area (TPSA) is 106 Å². The van der Waals surface area contributed by atoms with Crippen LogP contribution in [0.1, 0.15) is 0 Å². The Bertz CT molecular complexity index is 1010.